The van der Waals surface area contributed by atoms with E-state index in [1.54, 1.807) is 0 Å². The maximum Gasteiger partial charge on any atom is 0.313 e. The predicted molar refractivity (Wildman–Crippen MR) is 129 cm³/mol. The van der Waals surface area contributed by atoms with Gasteiger partial charge in [-0.2, -0.15) is 0 Å². The van der Waals surface area contributed by atoms with E-state index in [0.717, 1.165) is 67.2 Å². The van der Waals surface area contributed by atoms with Gasteiger partial charge in [-0.05, 0) is 87.9 Å². The van der Waals surface area contributed by atoms with Gasteiger partial charge < -0.3 is 20.0 Å². The maximum absolute atomic E-state index is 12.5. The Morgan fingerprint density at radius 3 is 2.44 bits per heavy atom. The van der Waals surface area contributed by atoms with Crippen LogP contribution < -0.4 is 15.5 Å². The standard InChI is InChI=1S/C26H32N4O4/c1-16-11-21(17(2)34-16)15-29-8-5-18(6-9-29)14-27-25(32)26(33)28-22-12-19-3-4-23(31)30-10-7-20(13-22)24(19)30/h11-13,18H,3-10,14-15H2,1-2H3,(H,27,32)(H,28,33). The van der Waals surface area contributed by atoms with Gasteiger partial charge in [-0.25, -0.2) is 0 Å². The lowest BCUT2D eigenvalue weighted by Crippen LogP contribution is -2.41. The van der Waals surface area contributed by atoms with Crippen LogP contribution in [0.15, 0.2) is 22.6 Å². The molecule has 0 atom stereocenters. The number of benzene rings is 1. The number of rotatable bonds is 5. The van der Waals surface area contributed by atoms with E-state index in [9.17, 15) is 14.4 Å². The molecule has 5 rings (SSSR count). The molecule has 34 heavy (non-hydrogen) atoms. The van der Waals surface area contributed by atoms with Gasteiger partial charge in [0, 0.05) is 37.3 Å². The van der Waals surface area contributed by atoms with E-state index in [-0.39, 0.29) is 5.91 Å². The summed E-state index contributed by atoms with van der Waals surface area (Å²) in [6.45, 7) is 8.00. The van der Waals surface area contributed by atoms with Crippen molar-refractivity contribution in [2.24, 2.45) is 5.92 Å². The molecule has 3 aliphatic heterocycles. The molecule has 0 aliphatic carbocycles. The van der Waals surface area contributed by atoms with E-state index in [1.165, 1.54) is 5.56 Å². The predicted octanol–water partition coefficient (Wildman–Crippen LogP) is 2.70. The lowest BCUT2D eigenvalue weighted by atomic mass is 9.96. The molecule has 2 N–H and O–H groups in total. The number of likely N-dealkylation sites (tertiary alicyclic amines) is 1. The maximum atomic E-state index is 12.5. The fourth-order valence-electron chi connectivity index (χ4n) is 5.47. The first-order chi connectivity index (χ1) is 16.4. The third kappa shape index (κ3) is 4.59. The molecule has 0 spiro atoms. The molecule has 2 aromatic rings. The number of carbonyl (C=O) groups excluding carboxylic acids is 3. The molecule has 180 valence electrons. The summed E-state index contributed by atoms with van der Waals surface area (Å²) in [4.78, 5) is 41.3. The van der Waals surface area contributed by atoms with Crippen molar-refractivity contribution in [3.05, 3.63) is 46.4 Å². The largest absolute Gasteiger partial charge is 0.466 e. The number of anilines is 2. The summed E-state index contributed by atoms with van der Waals surface area (Å²) in [5, 5.41) is 5.57. The average molecular weight is 465 g/mol. The lowest BCUT2D eigenvalue weighted by molar-refractivity contribution is -0.136. The highest BCUT2D eigenvalue weighted by Gasteiger charge is 2.32. The zero-order valence-corrected chi connectivity index (χ0v) is 19.9. The second-order valence-electron chi connectivity index (χ2n) is 9.76. The summed E-state index contributed by atoms with van der Waals surface area (Å²) >= 11 is 0. The molecule has 1 aromatic carbocycles. The van der Waals surface area contributed by atoms with E-state index in [1.807, 2.05) is 30.9 Å². The van der Waals surface area contributed by atoms with Crippen LogP contribution in [0.3, 0.4) is 0 Å². The second-order valence-corrected chi connectivity index (χ2v) is 9.76. The first-order valence-electron chi connectivity index (χ1n) is 12.2. The number of nitrogens with zero attached hydrogens (tertiary/aromatic N) is 2. The Morgan fingerprint density at radius 1 is 1.00 bits per heavy atom. The summed E-state index contributed by atoms with van der Waals surface area (Å²) in [6.07, 6.45) is 3.92. The van der Waals surface area contributed by atoms with Gasteiger partial charge in [0.15, 0.2) is 0 Å². The first-order valence-corrected chi connectivity index (χ1v) is 12.2. The molecule has 1 fully saturated rings. The summed E-state index contributed by atoms with van der Waals surface area (Å²) < 4.78 is 5.63. The molecule has 0 bridgehead atoms. The number of aryl methyl sites for hydroxylation is 3. The Balaban J connectivity index is 1.09. The van der Waals surface area contributed by atoms with Gasteiger partial charge in [-0.1, -0.05) is 0 Å². The Bertz CT molecular complexity index is 1130. The minimum atomic E-state index is -0.642. The average Bonchev–Trinajstić information content (AvgIpc) is 3.38. The number of amides is 3. The van der Waals surface area contributed by atoms with Crippen LogP contribution in [0, 0.1) is 19.8 Å². The van der Waals surface area contributed by atoms with Gasteiger partial charge in [0.1, 0.15) is 11.5 Å². The molecule has 1 aromatic heterocycles. The van der Waals surface area contributed by atoms with Gasteiger partial charge >= 0.3 is 11.8 Å². The van der Waals surface area contributed by atoms with Gasteiger partial charge in [0.25, 0.3) is 0 Å². The molecule has 3 aliphatic rings. The van der Waals surface area contributed by atoms with E-state index in [0.29, 0.717) is 37.5 Å². The minimum absolute atomic E-state index is 0.167. The number of hydrogen-bond donors (Lipinski definition) is 2. The van der Waals surface area contributed by atoms with Crippen LogP contribution >= 0.6 is 0 Å². The normalized spacial score (nSPS) is 18.2. The Morgan fingerprint density at radius 2 is 1.74 bits per heavy atom. The summed E-state index contributed by atoms with van der Waals surface area (Å²) in [7, 11) is 0. The zero-order chi connectivity index (χ0) is 23.8. The van der Waals surface area contributed by atoms with Crippen molar-refractivity contribution in [2.45, 2.75) is 52.5 Å². The van der Waals surface area contributed by atoms with Gasteiger partial charge in [-0.3, -0.25) is 19.3 Å². The highest BCUT2D eigenvalue weighted by atomic mass is 16.3. The number of carbonyl (C=O) groups is 3. The fraction of sp³-hybridized carbons (Fsp3) is 0.500. The van der Waals surface area contributed by atoms with Gasteiger partial charge in [-0.15, -0.1) is 0 Å². The van der Waals surface area contributed by atoms with Crippen molar-refractivity contribution in [3.63, 3.8) is 0 Å². The van der Waals surface area contributed by atoms with Crippen LogP contribution in [0.1, 0.15) is 47.5 Å². The van der Waals surface area contributed by atoms with Crippen molar-refractivity contribution >= 4 is 29.1 Å². The highest BCUT2D eigenvalue weighted by molar-refractivity contribution is 6.39. The van der Waals surface area contributed by atoms with Crippen molar-refractivity contribution in [3.8, 4) is 0 Å². The fourth-order valence-corrected chi connectivity index (χ4v) is 5.47. The first kappa shape index (κ1) is 22.7. The molecule has 8 nitrogen and oxygen atoms in total. The lowest BCUT2D eigenvalue weighted by Gasteiger charge is -2.31. The topological polar surface area (TPSA) is 94.9 Å². The summed E-state index contributed by atoms with van der Waals surface area (Å²) in [6, 6.07) is 5.89. The molecular formula is C26H32N4O4. The van der Waals surface area contributed by atoms with Gasteiger partial charge in [0.2, 0.25) is 5.91 Å². The number of furan rings is 1. The van der Waals surface area contributed by atoms with Crippen LogP contribution in [0.25, 0.3) is 0 Å². The van der Waals surface area contributed by atoms with Crippen molar-refractivity contribution in [2.75, 3.05) is 36.4 Å². The smallest absolute Gasteiger partial charge is 0.313 e. The molecule has 0 unspecified atom stereocenters. The van der Waals surface area contributed by atoms with Crippen LogP contribution in [0.5, 0.6) is 0 Å². The molecule has 4 heterocycles. The molecular weight excluding hydrogens is 432 g/mol. The molecule has 0 radical (unpaired) electrons. The van der Waals surface area contributed by atoms with Crippen LogP contribution in [-0.2, 0) is 33.8 Å². The summed E-state index contributed by atoms with van der Waals surface area (Å²) in [5.74, 6) is 1.22. The number of nitrogens with one attached hydrogen (secondary N) is 2. The van der Waals surface area contributed by atoms with E-state index in [2.05, 4.69) is 21.6 Å². The SMILES string of the molecule is Cc1cc(CN2CCC(CNC(=O)C(=O)Nc3cc4c5c(c3)CCN5C(=O)CC4)CC2)c(C)o1. The zero-order valence-electron chi connectivity index (χ0n) is 19.9. The summed E-state index contributed by atoms with van der Waals surface area (Å²) in [5.41, 5.74) is 5.00. The number of piperidine rings is 1. The highest BCUT2D eigenvalue weighted by Crippen LogP contribution is 2.38. The van der Waals surface area contributed by atoms with Crippen molar-refractivity contribution in [1.29, 1.82) is 0 Å². The monoisotopic (exact) mass is 464 g/mol. The third-order valence-electron chi connectivity index (χ3n) is 7.31. The quantitative estimate of drug-likeness (QED) is 0.664. The van der Waals surface area contributed by atoms with Crippen LogP contribution in [-0.4, -0.2) is 48.8 Å². The van der Waals surface area contributed by atoms with Gasteiger partial charge in [0.05, 0.1) is 5.69 Å². The second kappa shape index (κ2) is 9.25. The van der Waals surface area contributed by atoms with E-state index < -0.39 is 11.8 Å². The van der Waals surface area contributed by atoms with Crippen molar-refractivity contribution in [1.82, 2.24) is 10.2 Å². The van der Waals surface area contributed by atoms with Crippen molar-refractivity contribution < 1.29 is 18.8 Å². The minimum Gasteiger partial charge on any atom is -0.466 e. The Labute approximate surface area is 199 Å². The molecule has 1 saturated heterocycles. The van der Waals surface area contributed by atoms with Crippen LogP contribution in [0.2, 0.25) is 0 Å². The third-order valence-corrected chi connectivity index (χ3v) is 7.31. The van der Waals surface area contributed by atoms with E-state index >= 15 is 0 Å². The van der Waals surface area contributed by atoms with E-state index in [4.69, 9.17) is 4.42 Å². The molecule has 8 heteroatoms. The number of hydrogen-bond acceptors (Lipinski definition) is 5. The molecule has 0 saturated carbocycles. The van der Waals surface area contributed by atoms with Crippen LogP contribution in [0.4, 0.5) is 11.4 Å². The Kier molecular flexibility index (Phi) is 6.16. The molecule has 3 amide bonds. The Hall–Kier alpha value is -3.13.